The van der Waals surface area contributed by atoms with Crippen LogP contribution in [-0.4, -0.2) is 36.7 Å². The second-order valence-corrected chi connectivity index (χ2v) is 6.14. The molecular formula is C16H23F3N2O. The van der Waals surface area contributed by atoms with E-state index in [9.17, 15) is 13.2 Å². The molecule has 1 aromatic carbocycles. The van der Waals surface area contributed by atoms with Gasteiger partial charge in [0.1, 0.15) is 12.4 Å². The highest BCUT2D eigenvalue weighted by molar-refractivity contribution is 5.30. The molecule has 0 spiro atoms. The van der Waals surface area contributed by atoms with Crippen molar-refractivity contribution in [1.82, 2.24) is 4.90 Å². The van der Waals surface area contributed by atoms with Gasteiger partial charge in [-0.15, -0.1) is 0 Å². The van der Waals surface area contributed by atoms with Crippen LogP contribution in [0, 0.1) is 5.92 Å². The fraction of sp³-hybridized carbons (Fsp3) is 0.625. The zero-order valence-corrected chi connectivity index (χ0v) is 12.9. The van der Waals surface area contributed by atoms with Gasteiger partial charge in [0.2, 0.25) is 0 Å². The molecule has 3 nitrogen and oxygen atoms in total. The number of likely N-dealkylation sites (tertiary alicyclic amines) is 1. The number of nitrogens with two attached hydrogens (primary N) is 1. The van der Waals surface area contributed by atoms with E-state index in [-0.39, 0.29) is 18.4 Å². The van der Waals surface area contributed by atoms with Crippen LogP contribution >= 0.6 is 0 Å². The Labute approximate surface area is 129 Å². The molecule has 0 amide bonds. The molecule has 0 aliphatic carbocycles. The molecular weight excluding hydrogens is 293 g/mol. The second kappa shape index (κ2) is 6.87. The first-order chi connectivity index (χ1) is 10.3. The summed E-state index contributed by atoms with van der Waals surface area (Å²) in [5, 5.41) is 0. The van der Waals surface area contributed by atoms with Crippen molar-refractivity contribution in [2.45, 2.75) is 38.5 Å². The fourth-order valence-electron chi connectivity index (χ4n) is 2.72. The van der Waals surface area contributed by atoms with Gasteiger partial charge < -0.3 is 15.4 Å². The summed E-state index contributed by atoms with van der Waals surface area (Å²) in [7, 11) is 0. The molecule has 1 aliphatic rings. The lowest BCUT2D eigenvalue weighted by atomic mass is 10.0. The topological polar surface area (TPSA) is 38.5 Å². The van der Waals surface area contributed by atoms with Crippen molar-refractivity contribution in [3.05, 3.63) is 29.8 Å². The Kier molecular flexibility index (Phi) is 5.34. The van der Waals surface area contributed by atoms with Gasteiger partial charge in [-0.05, 0) is 50.9 Å². The van der Waals surface area contributed by atoms with Gasteiger partial charge in [0.05, 0.1) is 5.56 Å². The number of ether oxygens (including phenoxy) is 1. The van der Waals surface area contributed by atoms with Crippen LogP contribution in [0.25, 0.3) is 0 Å². The normalized spacial score (nSPS) is 21.3. The Morgan fingerprint density at radius 1 is 1.36 bits per heavy atom. The Morgan fingerprint density at radius 2 is 2.09 bits per heavy atom. The van der Waals surface area contributed by atoms with E-state index in [1.807, 2.05) is 0 Å². The number of hydrogen-bond acceptors (Lipinski definition) is 3. The van der Waals surface area contributed by atoms with Crippen LogP contribution in [0.4, 0.5) is 13.2 Å². The van der Waals surface area contributed by atoms with Gasteiger partial charge in [0.15, 0.2) is 0 Å². The van der Waals surface area contributed by atoms with E-state index in [1.165, 1.54) is 12.1 Å². The maximum absolute atomic E-state index is 12.6. The van der Waals surface area contributed by atoms with E-state index in [4.69, 9.17) is 10.5 Å². The summed E-state index contributed by atoms with van der Waals surface area (Å²) in [6, 6.07) is 5.24. The summed E-state index contributed by atoms with van der Waals surface area (Å²) in [6.45, 7) is 6.46. The van der Waals surface area contributed by atoms with Crippen molar-refractivity contribution in [3.63, 3.8) is 0 Å². The Morgan fingerprint density at radius 3 is 2.68 bits per heavy atom. The molecule has 0 saturated carbocycles. The monoisotopic (exact) mass is 316 g/mol. The summed E-state index contributed by atoms with van der Waals surface area (Å²) in [4.78, 5) is 2.36. The summed E-state index contributed by atoms with van der Waals surface area (Å²) in [5.41, 5.74) is 5.44. The molecule has 22 heavy (non-hydrogen) atoms. The lowest BCUT2D eigenvalue weighted by Crippen LogP contribution is -2.38. The predicted octanol–water partition coefficient (Wildman–Crippen LogP) is 3.14. The van der Waals surface area contributed by atoms with Gasteiger partial charge >= 0.3 is 6.18 Å². The standard InChI is InChI=1S/C16H23F3N2O/c1-11(2)21-7-6-12(9-21)15(20)10-22-14-5-3-4-13(8-14)16(17,18)19/h3-5,8,11-12,15H,6-7,9-10,20H2,1-2H3. The fourth-order valence-corrected chi connectivity index (χ4v) is 2.72. The number of halogens is 3. The minimum atomic E-state index is -4.36. The maximum Gasteiger partial charge on any atom is 0.416 e. The number of alkyl halides is 3. The molecule has 0 aromatic heterocycles. The van der Waals surface area contributed by atoms with E-state index >= 15 is 0 Å². The third-order valence-electron chi connectivity index (χ3n) is 4.20. The minimum absolute atomic E-state index is 0.168. The molecule has 1 aromatic rings. The zero-order valence-electron chi connectivity index (χ0n) is 12.9. The van der Waals surface area contributed by atoms with Crippen LogP contribution < -0.4 is 10.5 Å². The van der Waals surface area contributed by atoms with Gasteiger partial charge in [-0.3, -0.25) is 0 Å². The molecule has 2 rings (SSSR count). The largest absolute Gasteiger partial charge is 0.492 e. The van der Waals surface area contributed by atoms with E-state index in [0.29, 0.717) is 12.0 Å². The maximum atomic E-state index is 12.6. The molecule has 1 aliphatic heterocycles. The molecule has 2 unspecified atom stereocenters. The van der Waals surface area contributed by atoms with Crippen LogP contribution in [0.3, 0.4) is 0 Å². The number of rotatable bonds is 5. The van der Waals surface area contributed by atoms with E-state index in [0.717, 1.165) is 31.6 Å². The molecule has 0 bridgehead atoms. The third kappa shape index (κ3) is 4.36. The first-order valence-electron chi connectivity index (χ1n) is 7.57. The minimum Gasteiger partial charge on any atom is -0.492 e. The number of hydrogen-bond donors (Lipinski definition) is 1. The lowest BCUT2D eigenvalue weighted by molar-refractivity contribution is -0.137. The first-order valence-corrected chi connectivity index (χ1v) is 7.57. The zero-order chi connectivity index (χ0) is 16.3. The van der Waals surface area contributed by atoms with Gasteiger partial charge in [0.25, 0.3) is 0 Å². The second-order valence-electron chi connectivity index (χ2n) is 6.14. The lowest BCUT2D eigenvalue weighted by Gasteiger charge is -2.23. The molecule has 1 saturated heterocycles. The van der Waals surface area contributed by atoms with E-state index < -0.39 is 11.7 Å². The SMILES string of the molecule is CC(C)N1CCC(C(N)COc2cccc(C(F)(F)F)c2)C1. The molecule has 6 heteroatoms. The van der Waals surface area contributed by atoms with Crippen molar-refractivity contribution >= 4 is 0 Å². The highest BCUT2D eigenvalue weighted by atomic mass is 19.4. The van der Waals surface area contributed by atoms with Gasteiger partial charge in [-0.1, -0.05) is 6.07 Å². The Balaban J connectivity index is 1.88. The Bertz CT molecular complexity index is 491. The van der Waals surface area contributed by atoms with Crippen molar-refractivity contribution in [1.29, 1.82) is 0 Å². The third-order valence-corrected chi connectivity index (χ3v) is 4.20. The van der Waals surface area contributed by atoms with Crippen molar-refractivity contribution < 1.29 is 17.9 Å². The average molecular weight is 316 g/mol. The summed E-state index contributed by atoms with van der Waals surface area (Å²) >= 11 is 0. The number of benzene rings is 1. The molecule has 124 valence electrons. The molecule has 1 heterocycles. The van der Waals surface area contributed by atoms with Crippen LogP contribution in [0.1, 0.15) is 25.8 Å². The predicted molar refractivity (Wildman–Crippen MR) is 79.7 cm³/mol. The molecule has 2 atom stereocenters. The number of nitrogens with zero attached hydrogens (tertiary/aromatic N) is 1. The van der Waals surface area contributed by atoms with Crippen LogP contribution in [0.5, 0.6) is 5.75 Å². The summed E-state index contributed by atoms with van der Waals surface area (Å²) < 4.78 is 43.4. The van der Waals surface area contributed by atoms with Crippen LogP contribution in [-0.2, 0) is 6.18 Å². The van der Waals surface area contributed by atoms with Gasteiger partial charge in [0, 0.05) is 18.6 Å². The highest BCUT2D eigenvalue weighted by Gasteiger charge is 2.31. The van der Waals surface area contributed by atoms with E-state index in [1.54, 1.807) is 0 Å². The molecule has 1 fully saturated rings. The summed E-state index contributed by atoms with van der Waals surface area (Å²) in [5.74, 6) is 0.539. The van der Waals surface area contributed by atoms with E-state index in [2.05, 4.69) is 18.7 Å². The smallest absolute Gasteiger partial charge is 0.416 e. The van der Waals surface area contributed by atoms with Gasteiger partial charge in [-0.25, -0.2) is 0 Å². The van der Waals surface area contributed by atoms with Gasteiger partial charge in [-0.2, -0.15) is 13.2 Å². The quantitative estimate of drug-likeness (QED) is 0.907. The first kappa shape index (κ1) is 17.1. The molecule has 0 radical (unpaired) electrons. The summed E-state index contributed by atoms with van der Waals surface area (Å²) in [6.07, 6.45) is -3.35. The highest BCUT2D eigenvalue weighted by Crippen LogP contribution is 2.31. The van der Waals surface area contributed by atoms with Crippen molar-refractivity contribution in [2.24, 2.45) is 11.7 Å². The van der Waals surface area contributed by atoms with Crippen LogP contribution in [0.2, 0.25) is 0 Å². The van der Waals surface area contributed by atoms with Crippen molar-refractivity contribution in [3.8, 4) is 5.75 Å². The molecule has 2 N–H and O–H groups in total. The Hall–Kier alpha value is -1.27. The average Bonchev–Trinajstić information content (AvgIpc) is 2.94. The van der Waals surface area contributed by atoms with Crippen molar-refractivity contribution in [2.75, 3.05) is 19.7 Å². The van der Waals surface area contributed by atoms with Crippen LogP contribution in [0.15, 0.2) is 24.3 Å².